The molecule has 2 aromatic heterocycles. The summed E-state index contributed by atoms with van der Waals surface area (Å²) in [5, 5.41) is 7.53. The Morgan fingerprint density at radius 1 is 1.11 bits per heavy atom. The number of hydrogen-bond acceptors (Lipinski definition) is 4. The number of amides is 1. The molecule has 0 fully saturated rings. The zero-order valence-electron chi connectivity index (χ0n) is 10.1. The van der Waals surface area contributed by atoms with E-state index >= 15 is 0 Å². The van der Waals surface area contributed by atoms with Crippen LogP contribution in [0.1, 0.15) is 11.1 Å². The van der Waals surface area contributed by atoms with Crippen LogP contribution >= 0.6 is 0 Å². The molecule has 1 amide bonds. The third-order valence-corrected chi connectivity index (χ3v) is 2.58. The lowest BCUT2D eigenvalue weighted by Crippen LogP contribution is -2.15. The van der Waals surface area contributed by atoms with Crippen molar-refractivity contribution in [3.8, 4) is 0 Å². The zero-order chi connectivity index (χ0) is 13.7. The summed E-state index contributed by atoms with van der Waals surface area (Å²) < 4.78 is 0. The topological polar surface area (TPSA) is 92.7 Å². The van der Waals surface area contributed by atoms with Crippen LogP contribution < -0.4 is 5.73 Å². The van der Waals surface area contributed by atoms with Crippen molar-refractivity contribution in [3.63, 3.8) is 0 Å². The molecule has 0 bridgehead atoms. The predicted octanol–water partition coefficient (Wildman–Crippen LogP) is 1.52. The first-order valence-electron chi connectivity index (χ1n) is 5.59. The average molecular weight is 252 g/mol. The van der Waals surface area contributed by atoms with Crippen LogP contribution in [0.4, 0.5) is 0 Å². The van der Waals surface area contributed by atoms with Crippen molar-refractivity contribution in [3.05, 3.63) is 60.2 Å². The molecule has 2 heterocycles. The maximum atomic E-state index is 11.7. The molecular weight excluding hydrogens is 240 g/mol. The molecule has 0 radical (unpaired) electrons. The van der Waals surface area contributed by atoms with Crippen LogP contribution in [0.5, 0.6) is 0 Å². The van der Waals surface area contributed by atoms with Crippen molar-refractivity contribution in [2.24, 2.45) is 5.73 Å². The van der Waals surface area contributed by atoms with E-state index in [9.17, 15) is 4.79 Å². The van der Waals surface area contributed by atoms with Gasteiger partial charge in [-0.05, 0) is 12.1 Å². The van der Waals surface area contributed by atoms with E-state index in [1.165, 1.54) is 0 Å². The van der Waals surface area contributed by atoms with Crippen LogP contribution in [-0.4, -0.2) is 22.1 Å². The molecule has 3 N–H and O–H groups in total. The van der Waals surface area contributed by atoms with Gasteiger partial charge in [0.25, 0.3) is 0 Å². The molecule has 0 aliphatic rings. The SMILES string of the molecule is N=C/C(=C(\C(N)=O)c1cccnc1)c1cccnc1. The van der Waals surface area contributed by atoms with Crippen LogP contribution in [0.15, 0.2) is 49.1 Å². The zero-order valence-corrected chi connectivity index (χ0v) is 10.1. The van der Waals surface area contributed by atoms with Crippen molar-refractivity contribution in [2.75, 3.05) is 0 Å². The van der Waals surface area contributed by atoms with Gasteiger partial charge in [0.15, 0.2) is 0 Å². The lowest BCUT2D eigenvalue weighted by molar-refractivity contribution is -0.112. The lowest BCUT2D eigenvalue weighted by Gasteiger charge is -2.09. The van der Waals surface area contributed by atoms with E-state index in [-0.39, 0.29) is 5.57 Å². The van der Waals surface area contributed by atoms with E-state index in [2.05, 4.69) is 9.97 Å². The Kier molecular flexibility index (Phi) is 3.78. The molecule has 0 aliphatic carbocycles. The largest absolute Gasteiger partial charge is 0.366 e. The van der Waals surface area contributed by atoms with Crippen molar-refractivity contribution in [2.45, 2.75) is 0 Å². The van der Waals surface area contributed by atoms with Gasteiger partial charge in [0.1, 0.15) is 0 Å². The molecule has 2 aromatic rings. The van der Waals surface area contributed by atoms with Gasteiger partial charge in [0.2, 0.25) is 5.91 Å². The van der Waals surface area contributed by atoms with Gasteiger partial charge in [-0.1, -0.05) is 12.1 Å². The van der Waals surface area contributed by atoms with Crippen LogP contribution in [-0.2, 0) is 4.79 Å². The monoisotopic (exact) mass is 252 g/mol. The van der Waals surface area contributed by atoms with E-state index in [0.717, 1.165) is 6.21 Å². The quantitative estimate of drug-likeness (QED) is 0.638. The first-order valence-corrected chi connectivity index (χ1v) is 5.59. The molecule has 0 saturated carbocycles. The van der Waals surface area contributed by atoms with E-state index < -0.39 is 5.91 Å². The van der Waals surface area contributed by atoms with Crippen molar-refractivity contribution >= 4 is 23.3 Å². The molecule has 0 spiro atoms. The van der Waals surface area contributed by atoms with Gasteiger partial charge in [-0.15, -0.1) is 0 Å². The number of carbonyl (C=O) groups is 1. The smallest absolute Gasteiger partial charge is 0.250 e. The molecule has 19 heavy (non-hydrogen) atoms. The number of pyridine rings is 2. The molecule has 0 unspecified atom stereocenters. The van der Waals surface area contributed by atoms with Gasteiger partial charge in [0.05, 0.1) is 5.57 Å². The number of allylic oxidation sites excluding steroid dienone is 1. The van der Waals surface area contributed by atoms with Gasteiger partial charge in [-0.3, -0.25) is 14.8 Å². The molecule has 5 heteroatoms. The van der Waals surface area contributed by atoms with Crippen molar-refractivity contribution in [1.82, 2.24) is 9.97 Å². The number of nitrogens with two attached hydrogens (primary N) is 1. The molecule has 0 atom stereocenters. The maximum Gasteiger partial charge on any atom is 0.250 e. The van der Waals surface area contributed by atoms with Gasteiger partial charge in [-0.2, -0.15) is 0 Å². The highest BCUT2D eigenvalue weighted by Crippen LogP contribution is 2.23. The fraction of sp³-hybridized carbons (Fsp3) is 0. The standard InChI is InChI=1S/C14H12N4O/c15-7-12(10-3-1-5-17-8-10)13(14(16)19)11-4-2-6-18-9-11/h1-9,15H,(H2,16,19)/b13-12+,15-7?. The molecule has 0 aromatic carbocycles. The van der Waals surface area contributed by atoms with Gasteiger partial charge < -0.3 is 11.1 Å². The second kappa shape index (κ2) is 5.68. The maximum absolute atomic E-state index is 11.7. The Bertz CT molecular complexity index is 620. The lowest BCUT2D eigenvalue weighted by atomic mass is 9.97. The first kappa shape index (κ1) is 12.6. The highest BCUT2D eigenvalue weighted by Gasteiger charge is 2.15. The van der Waals surface area contributed by atoms with Crippen molar-refractivity contribution in [1.29, 1.82) is 5.41 Å². The summed E-state index contributed by atoms with van der Waals surface area (Å²) >= 11 is 0. The second-order valence-corrected chi connectivity index (χ2v) is 3.78. The molecule has 0 aliphatic heterocycles. The number of nitrogens with zero attached hydrogens (tertiary/aromatic N) is 2. The van der Waals surface area contributed by atoms with E-state index in [4.69, 9.17) is 11.1 Å². The molecule has 5 nitrogen and oxygen atoms in total. The summed E-state index contributed by atoms with van der Waals surface area (Å²) in [5.74, 6) is -0.602. The average Bonchev–Trinajstić information content (AvgIpc) is 2.46. The third-order valence-electron chi connectivity index (χ3n) is 2.58. The normalized spacial score (nSPS) is 11.6. The van der Waals surface area contributed by atoms with E-state index in [1.807, 2.05) is 0 Å². The number of carbonyl (C=O) groups excluding carboxylic acids is 1. The summed E-state index contributed by atoms with van der Waals surface area (Å²) in [6.45, 7) is 0. The minimum Gasteiger partial charge on any atom is -0.366 e. The number of aromatic nitrogens is 2. The van der Waals surface area contributed by atoms with Gasteiger partial charge in [0, 0.05) is 47.7 Å². The third kappa shape index (κ3) is 2.71. The highest BCUT2D eigenvalue weighted by molar-refractivity contribution is 6.35. The van der Waals surface area contributed by atoms with Gasteiger partial charge in [-0.25, -0.2) is 0 Å². The fourth-order valence-corrected chi connectivity index (χ4v) is 1.76. The Morgan fingerprint density at radius 3 is 2.11 bits per heavy atom. The number of hydrogen-bond donors (Lipinski definition) is 2. The van der Waals surface area contributed by atoms with Crippen LogP contribution in [0.2, 0.25) is 0 Å². The van der Waals surface area contributed by atoms with Crippen molar-refractivity contribution < 1.29 is 4.79 Å². The number of rotatable bonds is 4. The second-order valence-electron chi connectivity index (χ2n) is 3.78. The van der Waals surface area contributed by atoms with Gasteiger partial charge >= 0.3 is 0 Å². The summed E-state index contributed by atoms with van der Waals surface area (Å²) in [6.07, 6.45) is 7.46. The van der Waals surface area contributed by atoms with E-state index in [0.29, 0.717) is 16.7 Å². The Balaban J connectivity index is 2.67. The Morgan fingerprint density at radius 2 is 1.68 bits per heavy atom. The molecule has 2 rings (SSSR count). The summed E-state index contributed by atoms with van der Waals surface area (Å²) in [4.78, 5) is 19.6. The minimum absolute atomic E-state index is 0.260. The van der Waals surface area contributed by atoms with E-state index in [1.54, 1.807) is 49.1 Å². The minimum atomic E-state index is -0.602. The molecule has 94 valence electrons. The first-order chi connectivity index (χ1) is 9.24. The van der Waals surface area contributed by atoms with Crippen LogP contribution in [0.25, 0.3) is 11.1 Å². The van der Waals surface area contributed by atoms with Crippen LogP contribution in [0, 0.1) is 5.41 Å². The Hall–Kier alpha value is -2.82. The molecule has 0 saturated heterocycles. The van der Waals surface area contributed by atoms with Crippen LogP contribution in [0.3, 0.4) is 0 Å². The Labute approximate surface area is 110 Å². The summed E-state index contributed by atoms with van der Waals surface area (Å²) in [5.41, 5.74) is 7.36. The fourth-order valence-electron chi connectivity index (χ4n) is 1.76. The summed E-state index contributed by atoms with van der Waals surface area (Å²) in [6, 6.07) is 6.95. The molecular formula is C14H12N4O. The predicted molar refractivity (Wildman–Crippen MR) is 73.3 cm³/mol. The number of nitrogens with one attached hydrogen (secondary N) is 1. The highest BCUT2D eigenvalue weighted by atomic mass is 16.1. The summed E-state index contributed by atoms with van der Waals surface area (Å²) in [7, 11) is 0. The number of primary amides is 1.